The second kappa shape index (κ2) is 30.6. The summed E-state index contributed by atoms with van der Waals surface area (Å²) in [6.45, 7) is 17.8. The van der Waals surface area contributed by atoms with Gasteiger partial charge < -0.3 is 29.6 Å². The maximum atomic E-state index is 13.4. The lowest BCUT2D eigenvalue weighted by Crippen LogP contribution is -2.51. The van der Waals surface area contributed by atoms with Gasteiger partial charge in [0.2, 0.25) is 5.78 Å². The average molecular weight is 787 g/mol. The van der Waals surface area contributed by atoms with E-state index in [0.29, 0.717) is 38.5 Å². The highest BCUT2D eigenvalue weighted by molar-refractivity contribution is 6.37. The number of ketones is 2. The number of hydrogen-bond acceptors (Lipinski definition) is 8. The number of piperidine rings is 1. The topological polar surface area (TPSA) is 117 Å². The molecule has 0 saturated carbocycles. The first kappa shape index (κ1) is 51.6. The van der Waals surface area contributed by atoms with Crippen LogP contribution in [0.4, 0.5) is 0 Å². The van der Waals surface area contributed by atoms with E-state index in [9.17, 15) is 14.4 Å². The summed E-state index contributed by atoms with van der Waals surface area (Å²) >= 11 is 0. The Kier molecular flexibility index (Phi) is 28.2. The molecule has 322 valence electrons. The Morgan fingerprint density at radius 3 is 2.27 bits per heavy atom. The standard InChI is InChI=1S/C47H82N2O7/c1-11-31-55-45(13-3)46(51)47(52)49-30-22-21-26-41(49)34-56-42(29-28-40(12-2)32-38(7)53-9)27-20-19-24-36(5)43(48)33-44(50)37(6)25-18-16-14-15-17-23-35(4)39(8)54-10/h14-17,23-24,37-43,45H,11-13,18-22,25-34,48H2,1-10H3/b16-14+,17-15+,35-23+,36-24+/t37-,38+,39+,40+,41+,42+,43+,45?/m1/s1. The van der Waals surface area contributed by atoms with Gasteiger partial charge in [-0.05, 0) is 123 Å². The third-order valence-corrected chi connectivity index (χ3v) is 11.6. The van der Waals surface area contributed by atoms with Crippen molar-refractivity contribution >= 4 is 17.5 Å². The van der Waals surface area contributed by atoms with E-state index in [2.05, 4.69) is 39.0 Å². The normalized spacial score (nSPS) is 19.6. The van der Waals surface area contributed by atoms with Crippen molar-refractivity contribution in [3.63, 3.8) is 0 Å². The number of amides is 1. The Hall–Kier alpha value is -2.43. The molecule has 8 atom stereocenters. The molecule has 0 aromatic carbocycles. The van der Waals surface area contributed by atoms with Crippen LogP contribution in [-0.2, 0) is 33.3 Å². The largest absolute Gasteiger partial charge is 0.382 e. The molecule has 1 unspecified atom stereocenters. The summed E-state index contributed by atoms with van der Waals surface area (Å²) in [6, 6.07) is -0.401. The average Bonchev–Trinajstić information content (AvgIpc) is 3.21. The van der Waals surface area contributed by atoms with Gasteiger partial charge in [-0.2, -0.15) is 0 Å². The molecule has 0 spiro atoms. The minimum absolute atomic E-state index is 0.0418. The number of rotatable bonds is 31. The third-order valence-electron chi connectivity index (χ3n) is 11.6. The molecule has 9 heteroatoms. The highest BCUT2D eigenvalue weighted by Gasteiger charge is 2.35. The van der Waals surface area contributed by atoms with Gasteiger partial charge in [-0.3, -0.25) is 14.4 Å². The SMILES string of the molecule is CCCOC(CC)C(=O)C(=O)N1CCCC[C@H]1CO[C@@H](CCC/C=C(\C)[C@@H](N)CC(=O)[C@H](C)CC/C=C/C=C/C=C(\C)[C@H](C)OC)CC[C@H](CC)C[C@H](C)OC. The number of nitrogens with zero attached hydrogens (tertiary/aromatic N) is 1. The summed E-state index contributed by atoms with van der Waals surface area (Å²) in [7, 11) is 3.48. The van der Waals surface area contributed by atoms with Crippen LogP contribution in [0.25, 0.3) is 0 Å². The molecule has 9 nitrogen and oxygen atoms in total. The molecule has 1 aliphatic heterocycles. The Balaban J connectivity index is 2.79. The molecule has 56 heavy (non-hydrogen) atoms. The Morgan fingerprint density at radius 1 is 0.857 bits per heavy atom. The van der Waals surface area contributed by atoms with Crippen molar-refractivity contribution in [3.8, 4) is 0 Å². The van der Waals surface area contributed by atoms with Gasteiger partial charge in [0.1, 0.15) is 11.9 Å². The Labute approximate surface area is 342 Å². The monoisotopic (exact) mass is 787 g/mol. The summed E-state index contributed by atoms with van der Waals surface area (Å²) < 4.78 is 23.3. The van der Waals surface area contributed by atoms with E-state index in [1.807, 2.05) is 52.8 Å². The van der Waals surface area contributed by atoms with Crippen molar-refractivity contribution in [1.29, 1.82) is 0 Å². The number of Topliss-reactive ketones (excluding diaryl/α,β-unsaturated/α-hetero) is 2. The fourth-order valence-corrected chi connectivity index (χ4v) is 7.07. The number of nitrogens with two attached hydrogens (primary N) is 1. The number of hydrogen-bond donors (Lipinski definition) is 1. The van der Waals surface area contributed by atoms with Gasteiger partial charge in [-0.25, -0.2) is 0 Å². The van der Waals surface area contributed by atoms with Crippen molar-refractivity contribution in [2.75, 3.05) is 34.0 Å². The first-order chi connectivity index (χ1) is 26.8. The van der Waals surface area contributed by atoms with Crippen molar-refractivity contribution in [2.45, 2.75) is 188 Å². The molecular formula is C47H82N2O7. The number of methoxy groups -OCH3 is 2. The van der Waals surface area contributed by atoms with Crippen LogP contribution in [-0.4, -0.2) is 92.9 Å². The molecular weight excluding hydrogens is 705 g/mol. The van der Waals surface area contributed by atoms with Gasteiger partial charge >= 0.3 is 0 Å². The summed E-state index contributed by atoms with van der Waals surface area (Å²) in [5, 5.41) is 0. The van der Waals surface area contributed by atoms with E-state index < -0.39 is 17.8 Å². The lowest BCUT2D eigenvalue weighted by atomic mass is 9.91. The summed E-state index contributed by atoms with van der Waals surface area (Å²) in [5.41, 5.74) is 8.74. The van der Waals surface area contributed by atoms with Crippen LogP contribution in [0.1, 0.15) is 152 Å². The number of likely N-dealkylation sites (tertiary alicyclic amines) is 1. The van der Waals surface area contributed by atoms with Crippen molar-refractivity contribution in [2.24, 2.45) is 17.6 Å². The number of ether oxygens (including phenoxy) is 4. The fraction of sp³-hybridized carbons (Fsp3) is 0.766. The molecule has 2 N–H and O–H groups in total. The quantitative estimate of drug-likeness (QED) is 0.0320. The predicted octanol–water partition coefficient (Wildman–Crippen LogP) is 9.67. The number of allylic oxidation sites excluding steroid dienone is 6. The first-order valence-electron chi connectivity index (χ1n) is 21.9. The smallest absolute Gasteiger partial charge is 0.293 e. The second-order valence-electron chi connectivity index (χ2n) is 16.1. The fourth-order valence-electron chi connectivity index (χ4n) is 7.07. The van der Waals surface area contributed by atoms with Crippen molar-refractivity contribution in [1.82, 2.24) is 4.90 Å². The molecule has 1 rings (SSSR count). The second-order valence-corrected chi connectivity index (χ2v) is 16.1. The molecule has 0 aromatic rings. The van der Waals surface area contributed by atoms with Crippen LogP contribution < -0.4 is 5.73 Å². The zero-order valence-electron chi connectivity index (χ0n) is 37.2. The van der Waals surface area contributed by atoms with E-state index >= 15 is 0 Å². The minimum Gasteiger partial charge on any atom is -0.382 e. The van der Waals surface area contributed by atoms with Gasteiger partial charge in [0, 0.05) is 45.8 Å². The number of unbranched alkanes of at least 4 members (excludes halogenated alkanes) is 1. The van der Waals surface area contributed by atoms with E-state index in [-0.39, 0.29) is 42.1 Å². The van der Waals surface area contributed by atoms with E-state index in [1.165, 1.54) is 5.57 Å². The van der Waals surface area contributed by atoms with E-state index in [0.717, 1.165) is 89.0 Å². The lowest BCUT2D eigenvalue weighted by Gasteiger charge is -2.36. The highest BCUT2D eigenvalue weighted by Crippen LogP contribution is 2.25. The van der Waals surface area contributed by atoms with Gasteiger partial charge in [0.05, 0.1) is 31.0 Å². The molecule has 1 aliphatic rings. The van der Waals surface area contributed by atoms with Crippen molar-refractivity contribution in [3.05, 3.63) is 47.6 Å². The van der Waals surface area contributed by atoms with Crippen LogP contribution >= 0.6 is 0 Å². The summed E-state index contributed by atoms with van der Waals surface area (Å²) in [5.74, 6) is -0.157. The van der Waals surface area contributed by atoms with Gasteiger partial charge in [-0.15, -0.1) is 0 Å². The molecule has 0 aliphatic carbocycles. The lowest BCUT2D eigenvalue weighted by molar-refractivity contribution is -0.154. The highest BCUT2D eigenvalue weighted by atomic mass is 16.5. The molecule has 0 radical (unpaired) electrons. The number of carbonyl (C=O) groups excluding carboxylic acids is 3. The van der Waals surface area contributed by atoms with Gasteiger partial charge in [0.15, 0.2) is 0 Å². The molecule has 1 fully saturated rings. The van der Waals surface area contributed by atoms with Crippen LogP contribution in [0.3, 0.4) is 0 Å². The van der Waals surface area contributed by atoms with Crippen LogP contribution in [0.15, 0.2) is 47.6 Å². The molecule has 1 heterocycles. The van der Waals surface area contributed by atoms with Crippen LogP contribution in [0.2, 0.25) is 0 Å². The summed E-state index contributed by atoms with van der Waals surface area (Å²) in [4.78, 5) is 41.4. The zero-order valence-corrected chi connectivity index (χ0v) is 37.2. The maximum absolute atomic E-state index is 13.4. The molecule has 0 bridgehead atoms. The van der Waals surface area contributed by atoms with E-state index in [1.54, 1.807) is 19.1 Å². The molecule has 0 aromatic heterocycles. The third kappa shape index (κ3) is 20.8. The van der Waals surface area contributed by atoms with Crippen molar-refractivity contribution < 1.29 is 33.3 Å². The maximum Gasteiger partial charge on any atom is 0.293 e. The van der Waals surface area contributed by atoms with Gasteiger partial charge in [0.25, 0.3) is 5.91 Å². The number of carbonyl (C=O) groups is 3. The predicted molar refractivity (Wildman–Crippen MR) is 231 cm³/mol. The van der Waals surface area contributed by atoms with Gasteiger partial charge in [-0.1, -0.05) is 76.1 Å². The van der Waals surface area contributed by atoms with Crippen LogP contribution in [0.5, 0.6) is 0 Å². The minimum atomic E-state index is -0.686. The van der Waals surface area contributed by atoms with Crippen LogP contribution in [0, 0.1) is 11.8 Å². The first-order valence-corrected chi connectivity index (χ1v) is 21.9. The molecule has 1 amide bonds. The zero-order chi connectivity index (χ0) is 41.9. The Morgan fingerprint density at radius 2 is 1.61 bits per heavy atom. The molecule has 1 saturated heterocycles. The Bertz CT molecular complexity index is 1230. The van der Waals surface area contributed by atoms with E-state index in [4.69, 9.17) is 24.7 Å². The summed E-state index contributed by atoms with van der Waals surface area (Å²) in [6.07, 6.45) is 24.8.